The lowest BCUT2D eigenvalue weighted by molar-refractivity contribution is 0.106. The number of imidazole rings is 1. The zero-order valence-corrected chi connectivity index (χ0v) is 12.7. The molecule has 1 aliphatic rings. The van der Waals surface area contributed by atoms with Crippen molar-refractivity contribution in [1.29, 1.82) is 0 Å². The Bertz CT molecular complexity index is 550. The van der Waals surface area contributed by atoms with E-state index < -0.39 is 0 Å². The van der Waals surface area contributed by atoms with Crippen LogP contribution in [-0.4, -0.2) is 28.8 Å². The van der Waals surface area contributed by atoms with Gasteiger partial charge in [0.2, 0.25) is 0 Å². The van der Waals surface area contributed by atoms with Crippen LogP contribution in [0.15, 0.2) is 43.0 Å². The predicted octanol–water partition coefficient (Wildman–Crippen LogP) is 3.09. The van der Waals surface area contributed by atoms with Gasteiger partial charge in [-0.3, -0.25) is 0 Å². The number of aromatic nitrogens is 2. The van der Waals surface area contributed by atoms with E-state index >= 15 is 0 Å². The van der Waals surface area contributed by atoms with Gasteiger partial charge in [-0.05, 0) is 43.9 Å². The van der Waals surface area contributed by atoms with Crippen LogP contribution in [0.1, 0.15) is 37.8 Å². The zero-order valence-electron chi connectivity index (χ0n) is 12.7. The Morgan fingerprint density at radius 1 is 1.29 bits per heavy atom. The van der Waals surface area contributed by atoms with Gasteiger partial charge >= 0.3 is 0 Å². The molecule has 3 rings (SSSR count). The lowest BCUT2D eigenvalue weighted by Crippen LogP contribution is -2.29. The second-order valence-electron chi connectivity index (χ2n) is 5.82. The molecule has 0 radical (unpaired) electrons. The minimum absolute atomic E-state index is 0.363. The molecule has 4 heteroatoms. The highest BCUT2D eigenvalue weighted by Crippen LogP contribution is 2.24. The van der Waals surface area contributed by atoms with Crippen molar-refractivity contribution < 1.29 is 4.74 Å². The third kappa shape index (κ3) is 3.34. The van der Waals surface area contributed by atoms with Crippen LogP contribution in [0.3, 0.4) is 0 Å². The van der Waals surface area contributed by atoms with Gasteiger partial charge in [0.05, 0.1) is 12.4 Å². The number of hydrogen-bond donors (Lipinski definition) is 1. The fourth-order valence-corrected chi connectivity index (χ4v) is 3.10. The van der Waals surface area contributed by atoms with Crippen molar-refractivity contribution in [2.45, 2.75) is 44.4 Å². The van der Waals surface area contributed by atoms with Gasteiger partial charge in [0.25, 0.3) is 0 Å². The Morgan fingerprint density at radius 3 is 2.71 bits per heavy atom. The molecule has 3 unspecified atom stereocenters. The van der Waals surface area contributed by atoms with Crippen molar-refractivity contribution in [1.82, 2.24) is 14.9 Å². The minimum Gasteiger partial charge on any atom is -0.381 e. The summed E-state index contributed by atoms with van der Waals surface area (Å²) in [6.07, 6.45) is 9.49. The van der Waals surface area contributed by atoms with Crippen LogP contribution < -0.4 is 5.32 Å². The maximum Gasteiger partial charge on any atom is 0.0991 e. The molecule has 112 valence electrons. The first-order chi connectivity index (χ1) is 10.3. The van der Waals surface area contributed by atoms with Crippen molar-refractivity contribution >= 4 is 0 Å². The summed E-state index contributed by atoms with van der Waals surface area (Å²) in [5, 5.41) is 3.71. The van der Waals surface area contributed by atoms with Crippen LogP contribution in [0.4, 0.5) is 0 Å². The number of nitrogens with zero attached hydrogens (tertiary/aromatic N) is 2. The molecule has 3 atom stereocenters. The SMILES string of the molecule is COC1CCC(NC(C)c2ccc(-n3ccnc3)cc2)C1. The second-order valence-corrected chi connectivity index (χ2v) is 5.82. The first-order valence-electron chi connectivity index (χ1n) is 7.63. The van der Waals surface area contributed by atoms with E-state index in [0.29, 0.717) is 18.2 Å². The lowest BCUT2D eigenvalue weighted by atomic mass is 10.1. The molecule has 4 nitrogen and oxygen atoms in total. The summed E-state index contributed by atoms with van der Waals surface area (Å²) in [7, 11) is 1.81. The van der Waals surface area contributed by atoms with E-state index in [-0.39, 0.29) is 0 Å². The van der Waals surface area contributed by atoms with Gasteiger partial charge in [-0.1, -0.05) is 12.1 Å². The van der Waals surface area contributed by atoms with Crippen LogP contribution in [0.5, 0.6) is 0 Å². The third-order valence-electron chi connectivity index (χ3n) is 4.40. The van der Waals surface area contributed by atoms with Crippen LogP contribution in [0.25, 0.3) is 5.69 Å². The van der Waals surface area contributed by atoms with Crippen LogP contribution >= 0.6 is 0 Å². The Hall–Kier alpha value is -1.65. The van der Waals surface area contributed by atoms with Gasteiger partial charge in [0.15, 0.2) is 0 Å². The summed E-state index contributed by atoms with van der Waals surface area (Å²) >= 11 is 0. The molecule has 1 fully saturated rings. The van der Waals surface area contributed by atoms with E-state index in [1.807, 2.05) is 24.2 Å². The van der Waals surface area contributed by atoms with Gasteiger partial charge in [-0.15, -0.1) is 0 Å². The largest absolute Gasteiger partial charge is 0.381 e. The van der Waals surface area contributed by atoms with Gasteiger partial charge in [-0.2, -0.15) is 0 Å². The Labute approximate surface area is 126 Å². The summed E-state index contributed by atoms with van der Waals surface area (Å²) in [5.41, 5.74) is 2.46. The molecule has 1 aliphatic carbocycles. The zero-order chi connectivity index (χ0) is 14.7. The molecule has 1 aromatic heterocycles. The molecule has 0 amide bonds. The minimum atomic E-state index is 0.363. The van der Waals surface area contributed by atoms with Crippen LogP contribution in [0.2, 0.25) is 0 Å². The fraction of sp³-hybridized carbons (Fsp3) is 0.471. The van der Waals surface area contributed by atoms with Crippen molar-refractivity contribution in [2.75, 3.05) is 7.11 Å². The highest BCUT2D eigenvalue weighted by Gasteiger charge is 2.25. The van der Waals surface area contributed by atoms with Crippen molar-refractivity contribution in [3.63, 3.8) is 0 Å². The molecular weight excluding hydrogens is 262 g/mol. The fourth-order valence-electron chi connectivity index (χ4n) is 3.10. The summed E-state index contributed by atoms with van der Waals surface area (Å²) in [6.45, 7) is 2.23. The van der Waals surface area contributed by atoms with Crippen molar-refractivity contribution in [2.24, 2.45) is 0 Å². The quantitative estimate of drug-likeness (QED) is 0.917. The molecule has 0 bridgehead atoms. The van der Waals surface area contributed by atoms with Crippen molar-refractivity contribution in [3.05, 3.63) is 48.5 Å². The second kappa shape index (κ2) is 6.41. The lowest BCUT2D eigenvalue weighted by Gasteiger charge is -2.20. The molecule has 0 saturated heterocycles. The van der Waals surface area contributed by atoms with E-state index in [1.165, 1.54) is 18.4 Å². The first kappa shape index (κ1) is 14.3. The molecular formula is C17H23N3O. The summed E-state index contributed by atoms with van der Waals surface area (Å²) in [4.78, 5) is 4.08. The molecule has 21 heavy (non-hydrogen) atoms. The van der Waals surface area contributed by atoms with E-state index in [4.69, 9.17) is 4.74 Å². The monoisotopic (exact) mass is 285 g/mol. The third-order valence-corrected chi connectivity index (χ3v) is 4.40. The summed E-state index contributed by atoms with van der Waals surface area (Å²) in [6, 6.07) is 9.59. The Kier molecular flexibility index (Phi) is 4.36. The molecule has 0 spiro atoms. The van der Waals surface area contributed by atoms with Gasteiger partial charge < -0.3 is 14.6 Å². The van der Waals surface area contributed by atoms with Crippen molar-refractivity contribution in [3.8, 4) is 5.69 Å². The van der Waals surface area contributed by atoms with E-state index in [2.05, 4.69) is 41.5 Å². The maximum absolute atomic E-state index is 5.44. The normalized spacial score (nSPS) is 23.3. The van der Waals surface area contributed by atoms with Crippen LogP contribution in [-0.2, 0) is 4.74 Å². The van der Waals surface area contributed by atoms with E-state index in [1.54, 1.807) is 6.20 Å². The molecule has 1 N–H and O–H groups in total. The molecule has 2 aromatic rings. The standard InChI is InChI=1S/C17H23N3O/c1-13(19-15-5-8-17(11-15)21-2)14-3-6-16(7-4-14)20-10-9-18-12-20/h3-4,6-7,9-10,12-13,15,17,19H,5,8,11H2,1-2H3. The molecule has 1 heterocycles. The Balaban J connectivity index is 1.61. The number of hydrogen-bond acceptors (Lipinski definition) is 3. The highest BCUT2D eigenvalue weighted by atomic mass is 16.5. The highest BCUT2D eigenvalue weighted by molar-refractivity contribution is 5.35. The average Bonchev–Trinajstić information content (AvgIpc) is 3.19. The van der Waals surface area contributed by atoms with E-state index in [9.17, 15) is 0 Å². The Morgan fingerprint density at radius 2 is 2.10 bits per heavy atom. The topological polar surface area (TPSA) is 39.1 Å². The van der Waals surface area contributed by atoms with E-state index in [0.717, 1.165) is 12.1 Å². The average molecular weight is 285 g/mol. The number of ether oxygens (including phenoxy) is 1. The van der Waals surface area contributed by atoms with Crippen LogP contribution in [0, 0.1) is 0 Å². The summed E-state index contributed by atoms with van der Waals surface area (Å²) in [5.74, 6) is 0. The smallest absolute Gasteiger partial charge is 0.0991 e. The number of rotatable bonds is 5. The number of methoxy groups -OCH3 is 1. The maximum atomic E-state index is 5.44. The van der Waals surface area contributed by atoms with Gasteiger partial charge in [0.1, 0.15) is 0 Å². The van der Waals surface area contributed by atoms with Gasteiger partial charge in [0, 0.05) is 37.3 Å². The molecule has 1 saturated carbocycles. The van der Waals surface area contributed by atoms with Gasteiger partial charge in [-0.25, -0.2) is 4.98 Å². The summed E-state index contributed by atoms with van der Waals surface area (Å²) < 4.78 is 7.45. The number of nitrogens with one attached hydrogen (secondary N) is 1. The first-order valence-corrected chi connectivity index (χ1v) is 7.63. The molecule has 0 aliphatic heterocycles. The predicted molar refractivity (Wildman–Crippen MR) is 83.6 cm³/mol. The number of benzene rings is 1. The molecule has 1 aromatic carbocycles.